The lowest BCUT2D eigenvalue weighted by Crippen LogP contribution is -2.18. The Morgan fingerprint density at radius 2 is 2.00 bits per heavy atom. The summed E-state index contributed by atoms with van der Waals surface area (Å²) in [4.78, 5) is 8.96. The molecule has 1 aromatic carbocycles. The van der Waals surface area contributed by atoms with Crippen molar-refractivity contribution in [3.05, 3.63) is 30.5 Å². The molecule has 2 rings (SSSR count). The lowest BCUT2D eigenvalue weighted by molar-refractivity contribution is 0.473. The molecule has 0 saturated heterocycles. The van der Waals surface area contributed by atoms with Crippen LogP contribution in [0.2, 0.25) is 0 Å². The Bertz CT molecular complexity index is 506. The van der Waals surface area contributed by atoms with E-state index in [4.69, 9.17) is 5.73 Å². The van der Waals surface area contributed by atoms with Gasteiger partial charge in [0.25, 0.3) is 0 Å². The van der Waals surface area contributed by atoms with E-state index in [1.165, 1.54) is 12.8 Å². The molecular weight excluding hydrogens is 236 g/mol. The highest BCUT2D eigenvalue weighted by Crippen LogP contribution is 2.14. The summed E-state index contributed by atoms with van der Waals surface area (Å²) in [6.07, 6.45) is 5.25. The van der Waals surface area contributed by atoms with Gasteiger partial charge in [0.1, 0.15) is 5.82 Å². The first kappa shape index (κ1) is 13.7. The molecule has 0 aliphatic carbocycles. The second-order valence-electron chi connectivity index (χ2n) is 4.86. The molecule has 0 spiro atoms. The Kier molecular flexibility index (Phi) is 5.10. The lowest BCUT2D eigenvalue weighted by atomic mass is 10.00. The molecule has 0 aliphatic rings. The van der Waals surface area contributed by atoms with Gasteiger partial charge in [-0.25, -0.2) is 4.98 Å². The van der Waals surface area contributed by atoms with Gasteiger partial charge in [-0.2, -0.15) is 0 Å². The number of nitrogens with two attached hydrogens (primary N) is 1. The Hall–Kier alpha value is -1.68. The minimum absolute atomic E-state index is 0.614. The Morgan fingerprint density at radius 1 is 1.21 bits per heavy atom. The van der Waals surface area contributed by atoms with Crippen LogP contribution in [0.1, 0.15) is 26.2 Å². The van der Waals surface area contributed by atoms with E-state index in [0.29, 0.717) is 5.92 Å². The second-order valence-corrected chi connectivity index (χ2v) is 4.86. The maximum Gasteiger partial charge on any atom is 0.145 e. The molecule has 1 aromatic heterocycles. The number of aromatic nitrogens is 2. The third kappa shape index (κ3) is 3.89. The van der Waals surface area contributed by atoms with E-state index in [1.54, 1.807) is 6.20 Å². The Balaban J connectivity index is 2.00. The molecule has 0 amide bonds. The van der Waals surface area contributed by atoms with E-state index in [-0.39, 0.29) is 0 Å². The summed E-state index contributed by atoms with van der Waals surface area (Å²) in [7, 11) is 0. The fraction of sp³-hybridized carbons (Fsp3) is 0.467. The number of nitrogens with one attached hydrogen (secondary N) is 1. The standard InChI is InChI=1S/C15H22N4/c1-2-5-12(8-9-16)10-18-15-11-17-13-6-3-4-7-14(13)19-15/h3-4,6-7,11-12H,2,5,8-10,16H2,1H3,(H,18,19). The topological polar surface area (TPSA) is 63.8 Å². The molecule has 4 nitrogen and oxygen atoms in total. The first-order chi connectivity index (χ1) is 9.33. The first-order valence-corrected chi connectivity index (χ1v) is 6.99. The summed E-state index contributed by atoms with van der Waals surface area (Å²) >= 11 is 0. The van der Waals surface area contributed by atoms with Gasteiger partial charge in [0.2, 0.25) is 0 Å². The van der Waals surface area contributed by atoms with Crippen LogP contribution in [0.3, 0.4) is 0 Å². The van der Waals surface area contributed by atoms with Crippen molar-refractivity contribution in [3.8, 4) is 0 Å². The molecule has 0 fully saturated rings. The third-order valence-corrected chi connectivity index (χ3v) is 3.29. The van der Waals surface area contributed by atoms with Crippen molar-refractivity contribution < 1.29 is 0 Å². The monoisotopic (exact) mass is 258 g/mol. The number of nitrogens with zero attached hydrogens (tertiary/aromatic N) is 2. The minimum atomic E-state index is 0.614. The minimum Gasteiger partial charge on any atom is -0.368 e. The smallest absolute Gasteiger partial charge is 0.145 e. The average molecular weight is 258 g/mol. The van der Waals surface area contributed by atoms with Gasteiger partial charge in [0, 0.05) is 6.54 Å². The van der Waals surface area contributed by atoms with Gasteiger partial charge in [-0.1, -0.05) is 25.5 Å². The highest BCUT2D eigenvalue weighted by molar-refractivity contribution is 5.75. The predicted octanol–water partition coefficient (Wildman–Crippen LogP) is 2.81. The van der Waals surface area contributed by atoms with Crippen LogP contribution < -0.4 is 11.1 Å². The summed E-state index contributed by atoms with van der Waals surface area (Å²) in [5, 5.41) is 3.38. The summed E-state index contributed by atoms with van der Waals surface area (Å²) in [5.74, 6) is 1.46. The molecule has 19 heavy (non-hydrogen) atoms. The van der Waals surface area contributed by atoms with E-state index < -0.39 is 0 Å². The second kappa shape index (κ2) is 7.04. The summed E-state index contributed by atoms with van der Waals surface area (Å²) < 4.78 is 0. The number of fused-ring (bicyclic) bond motifs is 1. The third-order valence-electron chi connectivity index (χ3n) is 3.29. The van der Waals surface area contributed by atoms with E-state index in [2.05, 4.69) is 22.2 Å². The van der Waals surface area contributed by atoms with Crippen LogP contribution in [0.5, 0.6) is 0 Å². The van der Waals surface area contributed by atoms with Crippen molar-refractivity contribution >= 4 is 16.9 Å². The molecule has 0 aliphatic heterocycles. The molecule has 0 bridgehead atoms. The molecule has 2 aromatic rings. The zero-order valence-electron chi connectivity index (χ0n) is 11.5. The molecule has 0 saturated carbocycles. The van der Waals surface area contributed by atoms with Gasteiger partial charge < -0.3 is 11.1 Å². The van der Waals surface area contributed by atoms with E-state index in [9.17, 15) is 0 Å². The van der Waals surface area contributed by atoms with E-state index in [0.717, 1.165) is 36.4 Å². The van der Waals surface area contributed by atoms with Gasteiger partial charge in [0.05, 0.1) is 17.2 Å². The average Bonchev–Trinajstić information content (AvgIpc) is 2.45. The fourth-order valence-electron chi connectivity index (χ4n) is 2.28. The largest absolute Gasteiger partial charge is 0.368 e. The van der Waals surface area contributed by atoms with Gasteiger partial charge in [-0.05, 0) is 37.4 Å². The van der Waals surface area contributed by atoms with Crippen molar-refractivity contribution in [3.63, 3.8) is 0 Å². The van der Waals surface area contributed by atoms with Crippen molar-refractivity contribution in [2.75, 3.05) is 18.4 Å². The number of rotatable bonds is 7. The van der Waals surface area contributed by atoms with Gasteiger partial charge >= 0.3 is 0 Å². The van der Waals surface area contributed by atoms with Crippen molar-refractivity contribution in [1.29, 1.82) is 0 Å². The predicted molar refractivity (Wildman–Crippen MR) is 80.1 cm³/mol. The highest BCUT2D eigenvalue weighted by atomic mass is 15.0. The van der Waals surface area contributed by atoms with Crippen LogP contribution in [0.15, 0.2) is 30.5 Å². The summed E-state index contributed by atoms with van der Waals surface area (Å²) in [6, 6.07) is 7.91. The summed E-state index contributed by atoms with van der Waals surface area (Å²) in [5.41, 5.74) is 7.51. The van der Waals surface area contributed by atoms with Crippen LogP contribution >= 0.6 is 0 Å². The maximum absolute atomic E-state index is 5.65. The normalized spacial score (nSPS) is 12.5. The quantitative estimate of drug-likeness (QED) is 0.801. The molecule has 4 heteroatoms. The zero-order chi connectivity index (χ0) is 13.5. The van der Waals surface area contributed by atoms with Crippen molar-refractivity contribution in [1.82, 2.24) is 9.97 Å². The molecule has 1 unspecified atom stereocenters. The zero-order valence-corrected chi connectivity index (χ0v) is 11.5. The highest BCUT2D eigenvalue weighted by Gasteiger charge is 2.07. The number of anilines is 1. The lowest BCUT2D eigenvalue weighted by Gasteiger charge is -2.16. The molecule has 3 N–H and O–H groups in total. The van der Waals surface area contributed by atoms with Crippen LogP contribution in [0, 0.1) is 5.92 Å². The number of hydrogen-bond donors (Lipinski definition) is 2. The Morgan fingerprint density at radius 3 is 2.74 bits per heavy atom. The van der Waals surface area contributed by atoms with Gasteiger partial charge in [-0.3, -0.25) is 4.98 Å². The van der Waals surface area contributed by atoms with Gasteiger partial charge in [0.15, 0.2) is 0 Å². The summed E-state index contributed by atoms with van der Waals surface area (Å²) in [6.45, 7) is 3.87. The fourth-order valence-corrected chi connectivity index (χ4v) is 2.28. The first-order valence-electron chi connectivity index (χ1n) is 6.99. The number of benzene rings is 1. The Labute approximate surface area is 114 Å². The molecule has 1 heterocycles. The molecular formula is C15H22N4. The van der Waals surface area contributed by atoms with Crippen LogP contribution in [0.4, 0.5) is 5.82 Å². The van der Waals surface area contributed by atoms with E-state index >= 15 is 0 Å². The molecule has 0 radical (unpaired) electrons. The number of para-hydroxylation sites is 2. The molecule has 102 valence electrons. The van der Waals surface area contributed by atoms with Crippen molar-refractivity contribution in [2.45, 2.75) is 26.2 Å². The van der Waals surface area contributed by atoms with Crippen molar-refractivity contribution in [2.24, 2.45) is 11.7 Å². The number of hydrogen-bond acceptors (Lipinski definition) is 4. The maximum atomic E-state index is 5.65. The van der Waals surface area contributed by atoms with Gasteiger partial charge in [-0.15, -0.1) is 0 Å². The van der Waals surface area contributed by atoms with Crippen LogP contribution in [0.25, 0.3) is 11.0 Å². The van der Waals surface area contributed by atoms with E-state index in [1.807, 2.05) is 24.3 Å². The SMILES string of the molecule is CCCC(CCN)CNc1cnc2ccccc2n1. The van der Waals surface area contributed by atoms with Crippen LogP contribution in [-0.2, 0) is 0 Å². The van der Waals surface area contributed by atoms with Crippen LogP contribution in [-0.4, -0.2) is 23.1 Å². The molecule has 1 atom stereocenters.